The first-order chi connectivity index (χ1) is 7.06. The maximum atomic E-state index is 10.7. The Balaban J connectivity index is 2.90. The molecule has 1 rings (SSSR count). The van der Waals surface area contributed by atoms with Gasteiger partial charge in [0.05, 0.1) is 19.5 Å². The quantitative estimate of drug-likeness (QED) is 0.776. The molecule has 0 aliphatic rings. The molecule has 6 heteroatoms. The van der Waals surface area contributed by atoms with Crippen LogP contribution in [-0.2, 0) is 4.79 Å². The zero-order valence-electron chi connectivity index (χ0n) is 8.84. The maximum absolute atomic E-state index is 10.7. The number of ether oxygens (including phenoxy) is 1. The maximum Gasteiger partial charge on any atom is 0.326 e. The number of anilines is 1. The number of nitrogens with zero attached hydrogens (tertiary/aromatic N) is 3. The van der Waals surface area contributed by atoms with E-state index in [2.05, 4.69) is 9.97 Å². The van der Waals surface area contributed by atoms with E-state index in [4.69, 9.17) is 9.84 Å². The molecule has 82 valence electrons. The second kappa shape index (κ2) is 4.59. The highest BCUT2D eigenvalue weighted by Gasteiger charge is 2.18. The highest BCUT2D eigenvalue weighted by Crippen LogP contribution is 2.14. The summed E-state index contributed by atoms with van der Waals surface area (Å²) in [5.41, 5.74) is 0. The van der Waals surface area contributed by atoms with E-state index in [1.165, 1.54) is 24.4 Å². The Kier molecular flexibility index (Phi) is 3.43. The molecule has 0 aliphatic carbocycles. The van der Waals surface area contributed by atoms with Gasteiger partial charge in [-0.25, -0.2) is 4.79 Å². The Bertz CT molecular complexity index is 356. The van der Waals surface area contributed by atoms with Crippen molar-refractivity contribution in [3.63, 3.8) is 0 Å². The van der Waals surface area contributed by atoms with Crippen LogP contribution in [0.2, 0.25) is 0 Å². The molecule has 0 bridgehead atoms. The van der Waals surface area contributed by atoms with Crippen LogP contribution < -0.4 is 9.64 Å². The Labute approximate surface area is 87.5 Å². The number of carboxylic acids is 1. The number of methoxy groups -OCH3 is 1. The fourth-order valence-electron chi connectivity index (χ4n) is 0.971. The summed E-state index contributed by atoms with van der Waals surface area (Å²) < 4.78 is 4.90. The van der Waals surface area contributed by atoms with Gasteiger partial charge in [-0.1, -0.05) is 0 Å². The van der Waals surface area contributed by atoms with Crippen molar-refractivity contribution in [2.75, 3.05) is 19.1 Å². The fraction of sp³-hybridized carbons (Fsp3) is 0.444. The first-order valence-corrected chi connectivity index (χ1v) is 4.38. The Morgan fingerprint density at radius 3 is 2.80 bits per heavy atom. The summed E-state index contributed by atoms with van der Waals surface area (Å²) in [6, 6.07) is -0.661. The minimum absolute atomic E-state index is 0.358. The monoisotopic (exact) mass is 211 g/mol. The molecule has 0 radical (unpaired) electrons. The molecule has 0 aliphatic heterocycles. The van der Waals surface area contributed by atoms with Crippen molar-refractivity contribution in [3.05, 3.63) is 12.4 Å². The third kappa shape index (κ3) is 2.55. The van der Waals surface area contributed by atoms with E-state index >= 15 is 0 Å². The number of aliphatic carboxylic acids is 1. The minimum atomic E-state index is -0.915. The standard InChI is InChI=1S/C9H13N3O3/c1-6(9(13)14)12(2)7-4-10-5-8(11-7)15-3/h4-6H,1-3H3,(H,13,14). The molecule has 0 saturated heterocycles. The summed E-state index contributed by atoms with van der Waals surface area (Å²) in [4.78, 5) is 20.2. The summed E-state index contributed by atoms with van der Waals surface area (Å²) in [5, 5.41) is 8.82. The number of hydrogen-bond acceptors (Lipinski definition) is 5. The van der Waals surface area contributed by atoms with Crippen molar-refractivity contribution in [1.82, 2.24) is 9.97 Å². The van der Waals surface area contributed by atoms with E-state index < -0.39 is 12.0 Å². The third-order valence-corrected chi connectivity index (χ3v) is 2.11. The number of rotatable bonds is 4. The summed E-state index contributed by atoms with van der Waals surface area (Å²) in [7, 11) is 3.12. The SMILES string of the molecule is COc1cncc(N(C)C(C)C(=O)O)n1. The molecule has 1 aromatic heterocycles. The lowest BCUT2D eigenvalue weighted by molar-refractivity contribution is -0.138. The van der Waals surface area contributed by atoms with E-state index in [0.29, 0.717) is 11.7 Å². The zero-order chi connectivity index (χ0) is 11.4. The van der Waals surface area contributed by atoms with Gasteiger partial charge in [-0.15, -0.1) is 0 Å². The lowest BCUT2D eigenvalue weighted by Crippen LogP contribution is -2.36. The van der Waals surface area contributed by atoms with Crippen molar-refractivity contribution in [1.29, 1.82) is 0 Å². The summed E-state index contributed by atoms with van der Waals surface area (Å²) in [6.45, 7) is 1.57. The number of aromatic nitrogens is 2. The van der Waals surface area contributed by atoms with Gasteiger partial charge in [0.2, 0.25) is 5.88 Å². The van der Waals surface area contributed by atoms with E-state index in [9.17, 15) is 4.79 Å². The van der Waals surface area contributed by atoms with Crippen LogP contribution in [0.5, 0.6) is 5.88 Å². The highest BCUT2D eigenvalue weighted by atomic mass is 16.5. The van der Waals surface area contributed by atoms with Gasteiger partial charge in [0.15, 0.2) is 5.82 Å². The van der Waals surface area contributed by atoms with Crippen LogP contribution in [-0.4, -0.2) is 41.2 Å². The van der Waals surface area contributed by atoms with Crippen LogP contribution in [0.4, 0.5) is 5.82 Å². The number of hydrogen-bond donors (Lipinski definition) is 1. The van der Waals surface area contributed by atoms with Gasteiger partial charge in [0.1, 0.15) is 6.04 Å². The summed E-state index contributed by atoms with van der Waals surface area (Å²) in [6.07, 6.45) is 2.95. The molecule has 1 N–H and O–H groups in total. The molecule has 0 saturated carbocycles. The van der Waals surface area contributed by atoms with Gasteiger partial charge in [0, 0.05) is 7.05 Å². The molecule has 15 heavy (non-hydrogen) atoms. The van der Waals surface area contributed by atoms with Crippen molar-refractivity contribution < 1.29 is 14.6 Å². The molecule has 6 nitrogen and oxygen atoms in total. The third-order valence-electron chi connectivity index (χ3n) is 2.11. The molecule has 1 unspecified atom stereocenters. The van der Waals surface area contributed by atoms with Crippen LogP contribution in [0.1, 0.15) is 6.92 Å². The predicted octanol–water partition coefficient (Wildman–Crippen LogP) is 0.394. The average Bonchev–Trinajstić information content (AvgIpc) is 2.27. The topological polar surface area (TPSA) is 75.5 Å². The van der Waals surface area contributed by atoms with Crippen molar-refractivity contribution in [3.8, 4) is 5.88 Å². The first-order valence-electron chi connectivity index (χ1n) is 4.38. The highest BCUT2D eigenvalue weighted by molar-refractivity contribution is 5.76. The first kappa shape index (κ1) is 11.2. The van der Waals surface area contributed by atoms with Crippen LogP contribution in [0.3, 0.4) is 0 Å². The molecular weight excluding hydrogens is 198 g/mol. The van der Waals surface area contributed by atoms with Crippen LogP contribution in [0.15, 0.2) is 12.4 Å². The van der Waals surface area contributed by atoms with Crippen LogP contribution in [0, 0.1) is 0 Å². The smallest absolute Gasteiger partial charge is 0.326 e. The average molecular weight is 211 g/mol. The molecule has 0 fully saturated rings. The molecule has 0 aromatic carbocycles. The molecular formula is C9H13N3O3. The fourth-order valence-corrected chi connectivity index (χ4v) is 0.971. The van der Waals surface area contributed by atoms with Gasteiger partial charge in [-0.2, -0.15) is 4.98 Å². The van der Waals surface area contributed by atoms with Gasteiger partial charge in [-0.3, -0.25) is 4.98 Å². The van der Waals surface area contributed by atoms with Crippen molar-refractivity contribution >= 4 is 11.8 Å². The van der Waals surface area contributed by atoms with Gasteiger partial charge in [-0.05, 0) is 6.92 Å². The molecule has 0 spiro atoms. The van der Waals surface area contributed by atoms with Crippen LogP contribution in [0.25, 0.3) is 0 Å². The zero-order valence-corrected chi connectivity index (χ0v) is 8.84. The second-order valence-electron chi connectivity index (χ2n) is 3.04. The van der Waals surface area contributed by atoms with Crippen LogP contribution >= 0.6 is 0 Å². The Hall–Kier alpha value is -1.85. The van der Waals surface area contributed by atoms with Crippen molar-refractivity contribution in [2.45, 2.75) is 13.0 Å². The largest absolute Gasteiger partial charge is 0.480 e. The second-order valence-corrected chi connectivity index (χ2v) is 3.04. The number of carboxylic acid groups (broad SMARTS) is 1. The number of carbonyl (C=O) groups is 1. The van der Waals surface area contributed by atoms with E-state index in [1.807, 2.05) is 0 Å². The molecule has 1 heterocycles. The molecule has 0 amide bonds. The molecule has 1 atom stereocenters. The van der Waals surface area contributed by atoms with E-state index in [-0.39, 0.29) is 0 Å². The summed E-state index contributed by atoms with van der Waals surface area (Å²) in [5.74, 6) is -0.0942. The lowest BCUT2D eigenvalue weighted by Gasteiger charge is -2.22. The normalized spacial score (nSPS) is 11.9. The van der Waals surface area contributed by atoms with Crippen molar-refractivity contribution in [2.24, 2.45) is 0 Å². The number of likely N-dealkylation sites (N-methyl/N-ethyl adjacent to an activating group) is 1. The van der Waals surface area contributed by atoms with E-state index in [0.717, 1.165) is 0 Å². The minimum Gasteiger partial charge on any atom is -0.480 e. The van der Waals surface area contributed by atoms with Gasteiger partial charge < -0.3 is 14.7 Å². The Morgan fingerprint density at radius 2 is 2.27 bits per heavy atom. The molecule has 1 aromatic rings. The van der Waals surface area contributed by atoms with Gasteiger partial charge >= 0.3 is 5.97 Å². The Morgan fingerprint density at radius 1 is 1.60 bits per heavy atom. The van der Waals surface area contributed by atoms with Gasteiger partial charge in [0.25, 0.3) is 0 Å². The van der Waals surface area contributed by atoms with E-state index in [1.54, 1.807) is 14.0 Å². The summed E-state index contributed by atoms with van der Waals surface area (Å²) >= 11 is 0. The lowest BCUT2D eigenvalue weighted by atomic mass is 10.3. The predicted molar refractivity (Wildman–Crippen MR) is 54.1 cm³/mol.